The molecule has 9 rings (SSSR count). The van der Waals surface area contributed by atoms with Gasteiger partial charge in [-0.1, -0.05) is 217 Å². The topological polar surface area (TPSA) is 6.48 Å². The summed E-state index contributed by atoms with van der Waals surface area (Å²) in [6, 6.07) is 61.9. The molecule has 67 heavy (non-hydrogen) atoms. The normalized spacial score (nSPS) is 14.6. The highest BCUT2D eigenvalue weighted by Crippen LogP contribution is 2.64. The highest BCUT2D eigenvalue weighted by atomic mass is 15.1. The van der Waals surface area contributed by atoms with Gasteiger partial charge in [-0.3, -0.25) is 0 Å². The minimum Gasteiger partial charge on any atom is -0.341 e. The third-order valence-corrected chi connectivity index (χ3v) is 12.8. The van der Waals surface area contributed by atoms with Gasteiger partial charge in [-0.2, -0.15) is 0 Å². The maximum Gasteiger partial charge on any atom is 0.0722 e. The number of hydrogen-bond donors (Lipinski definition) is 0. The molecule has 7 aromatic carbocycles. The van der Waals surface area contributed by atoms with Gasteiger partial charge in [0, 0.05) is 53.2 Å². The molecule has 0 aliphatic heterocycles. The minimum absolute atomic E-state index is 0.545. The van der Waals surface area contributed by atoms with E-state index in [0.29, 0.717) is 6.42 Å². The summed E-state index contributed by atoms with van der Waals surface area (Å²) in [6.07, 6.45) is 20.6. The van der Waals surface area contributed by atoms with Gasteiger partial charge in [-0.25, -0.2) is 0 Å². The maximum atomic E-state index is 5.72. The lowest BCUT2D eigenvalue weighted by Crippen LogP contribution is -2.27. The van der Waals surface area contributed by atoms with E-state index in [1.807, 2.05) is 33.8 Å². The van der Waals surface area contributed by atoms with Crippen molar-refractivity contribution < 1.29 is 0 Å². The number of nitrogens with zero attached hydrogens (tertiary/aromatic N) is 2. The van der Waals surface area contributed by atoms with Crippen LogP contribution in [-0.2, 0) is 5.41 Å². The maximum absolute atomic E-state index is 5.72. The third-order valence-electron chi connectivity index (χ3n) is 12.8. The van der Waals surface area contributed by atoms with Crippen LogP contribution in [0.2, 0.25) is 0 Å². The Morgan fingerprint density at radius 3 is 1.94 bits per heavy atom. The van der Waals surface area contributed by atoms with Gasteiger partial charge in [0.1, 0.15) is 0 Å². The zero-order valence-electron chi connectivity index (χ0n) is 40.1. The second-order valence-corrected chi connectivity index (χ2v) is 16.1. The fraction of sp³-hybridized carbons (Fsp3) is 0.169. The van der Waals surface area contributed by atoms with Crippen LogP contribution in [0.5, 0.6) is 0 Å². The number of benzene rings is 7. The molecule has 0 amide bonds. The van der Waals surface area contributed by atoms with E-state index in [-0.39, 0.29) is 0 Å². The van der Waals surface area contributed by atoms with Crippen LogP contribution < -0.4 is 9.80 Å². The first-order chi connectivity index (χ1) is 33.1. The zero-order valence-corrected chi connectivity index (χ0v) is 40.1. The number of hydrogen-bond acceptors (Lipinski definition) is 2. The monoisotopic (exact) mass is 873 g/mol. The predicted molar refractivity (Wildman–Crippen MR) is 293 cm³/mol. The van der Waals surface area contributed by atoms with Crippen LogP contribution in [-0.4, -0.2) is 13.1 Å². The Morgan fingerprint density at radius 2 is 1.24 bits per heavy atom. The molecule has 0 heterocycles. The van der Waals surface area contributed by atoms with Crippen LogP contribution in [0.1, 0.15) is 81.7 Å². The molecule has 0 aromatic heterocycles. The molecule has 0 bridgehead atoms. The average molecular weight is 873 g/mol. The molecule has 0 N–H and O–H groups in total. The van der Waals surface area contributed by atoms with Crippen molar-refractivity contribution in [2.45, 2.75) is 59.3 Å². The van der Waals surface area contributed by atoms with Crippen molar-refractivity contribution in [1.29, 1.82) is 0 Å². The van der Waals surface area contributed by atoms with Crippen molar-refractivity contribution in [3.05, 3.63) is 259 Å². The number of fused-ring (bicyclic) bond motifs is 8. The van der Waals surface area contributed by atoms with E-state index >= 15 is 0 Å². The summed E-state index contributed by atoms with van der Waals surface area (Å²) in [5, 5.41) is 2.43. The summed E-state index contributed by atoms with van der Waals surface area (Å²) in [5.41, 5.74) is 16.9. The van der Waals surface area contributed by atoms with Crippen molar-refractivity contribution in [3.63, 3.8) is 0 Å². The first kappa shape index (κ1) is 47.4. The van der Waals surface area contributed by atoms with Gasteiger partial charge < -0.3 is 9.80 Å². The molecule has 1 unspecified atom stereocenters. The molecule has 0 saturated carbocycles. The van der Waals surface area contributed by atoms with Gasteiger partial charge in [0.2, 0.25) is 0 Å². The van der Waals surface area contributed by atoms with Gasteiger partial charge in [0.25, 0.3) is 0 Å². The van der Waals surface area contributed by atoms with Gasteiger partial charge in [-0.05, 0) is 106 Å². The molecular weight excluding hydrogens is 809 g/mol. The highest BCUT2D eigenvalue weighted by molar-refractivity contribution is 6.00. The predicted octanol–water partition coefficient (Wildman–Crippen LogP) is 17.3. The molecule has 0 fully saturated rings. The van der Waals surface area contributed by atoms with Crippen molar-refractivity contribution >= 4 is 39.0 Å². The van der Waals surface area contributed by atoms with Crippen LogP contribution in [0.15, 0.2) is 231 Å². The van der Waals surface area contributed by atoms with E-state index in [0.717, 1.165) is 37.3 Å². The second kappa shape index (κ2) is 22.5. The molecule has 2 aliphatic rings. The Morgan fingerprint density at radius 1 is 0.642 bits per heavy atom. The van der Waals surface area contributed by atoms with Gasteiger partial charge in [0.05, 0.1) is 5.41 Å². The lowest BCUT2D eigenvalue weighted by atomic mass is 9.69. The number of para-hydroxylation sites is 1. The minimum atomic E-state index is -0.545. The van der Waals surface area contributed by atoms with Crippen LogP contribution in [0, 0.1) is 12.3 Å². The number of terminal acetylenes is 1. The summed E-state index contributed by atoms with van der Waals surface area (Å²) >= 11 is 0. The lowest BCUT2D eigenvalue weighted by Gasteiger charge is -2.33. The fourth-order valence-corrected chi connectivity index (χ4v) is 10.2. The molecule has 2 aliphatic carbocycles. The van der Waals surface area contributed by atoms with E-state index in [1.165, 1.54) is 77.8 Å². The van der Waals surface area contributed by atoms with E-state index < -0.39 is 5.41 Å². The van der Waals surface area contributed by atoms with Crippen molar-refractivity contribution in [3.8, 4) is 23.5 Å². The summed E-state index contributed by atoms with van der Waals surface area (Å²) < 4.78 is 0. The Kier molecular flexibility index (Phi) is 15.9. The SMILES string of the molecule is C#CC/C=C\C(=C/C)N(CCC1=C(C=C)C2(c3ccccc31)c1ccccc1-c1c(N(CC/C(=C\C=C)c3ccccc3)c3ccccc3)cccc12)c1cccc2ccccc12.CC.CC. The number of rotatable bonds is 15. The van der Waals surface area contributed by atoms with Crippen LogP contribution in [0.4, 0.5) is 17.1 Å². The third kappa shape index (κ3) is 9.03. The van der Waals surface area contributed by atoms with Gasteiger partial charge >= 0.3 is 0 Å². The number of anilines is 3. The van der Waals surface area contributed by atoms with E-state index in [4.69, 9.17) is 6.42 Å². The highest BCUT2D eigenvalue weighted by Gasteiger charge is 2.52. The Bertz CT molecular complexity index is 2990. The summed E-state index contributed by atoms with van der Waals surface area (Å²) in [4.78, 5) is 4.98. The Hall–Kier alpha value is -7.60. The van der Waals surface area contributed by atoms with E-state index in [9.17, 15) is 0 Å². The molecule has 7 aromatic rings. The standard InChI is InChI=1S/C61H52N2.2C2H6/c1-5-9-12-30-48(7-3)62(58-39-23-29-47-28-17-18-33-50(47)58)44-42-52-51-34-19-21-36-55(51)61(54(52)8-4)56-37-22-20-35-53(56)60-57(61)38-24-40-59(60)63(49-31-15-11-16-32-49)43-41-45(25-6-2)46-26-13-10-14-27-46;2*1-2/h1,6-8,10-40H,2,4,9,41-44H2,3H3;2*1-2H3/b30-12-,45-25+,48-7+;;. The average Bonchev–Trinajstić information content (AvgIpc) is 3.86. The quantitative estimate of drug-likeness (QED) is 0.0748. The van der Waals surface area contributed by atoms with Crippen molar-refractivity contribution in [2.24, 2.45) is 0 Å². The fourth-order valence-electron chi connectivity index (χ4n) is 10.2. The molecular formula is C65H64N2. The first-order valence-electron chi connectivity index (χ1n) is 24.0. The summed E-state index contributed by atoms with van der Waals surface area (Å²) in [6.45, 7) is 20.4. The Labute approximate surface area is 401 Å². The van der Waals surface area contributed by atoms with Crippen molar-refractivity contribution in [1.82, 2.24) is 0 Å². The molecule has 2 heteroatoms. The van der Waals surface area contributed by atoms with Crippen molar-refractivity contribution in [2.75, 3.05) is 22.9 Å². The van der Waals surface area contributed by atoms with Gasteiger partial charge in [0.15, 0.2) is 0 Å². The molecule has 2 nitrogen and oxygen atoms in total. The Balaban J connectivity index is 0.00000162. The second-order valence-electron chi connectivity index (χ2n) is 16.1. The summed E-state index contributed by atoms with van der Waals surface area (Å²) in [7, 11) is 0. The first-order valence-corrected chi connectivity index (χ1v) is 24.0. The molecule has 1 atom stereocenters. The smallest absolute Gasteiger partial charge is 0.0722 e. The largest absolute Gasteiger partial charge is 0.341 e. The van der Waals surface area contributed by atoms with Gasteiger partial charge in [-0.15, -0.1) is 12.3 Å². The lowest BCUT2D eigenvalue weighted by molar-refractivity contribution is 0.784. The van der Waals surface area contributed by atoms with Crippen LogP contribution in [0.25, 0.3) is 33.0 Å². The van der Waals surface area contributed by atoms with Crippen LogP contribution >= 0.6 is 0 Å². The summed E-state index contributed by atoms with van der Waals surface area (Å²) in [5.74, 6) is 2.78. The number of allylic oxidation sites excluding steroid dienone is 7. The zero-order chi connectivity index (χ0) is 47.2. The molecule has 0 radical (unpaired) electrons. The van der Waals surface area contributed by atoms with Crippen LogP contribution in [0.3, 0.4) is 0 Å². The van der Waals surface area contributed by atoms with E-state index in [2.05, 4.69) is 236 Å². The molecule has 0 saturated heterocycles. The molecule has 334 valence electrons. The molecule has 1 spiro atoms. The van der Waals surface area contributed by atoms with E-state index in [1.54, 1.807) is 0 Å².